The van der Waals surface area contributed by atoms with Crippen molar-refractivity contribution in [3.63, 3.8) is 0 Å². The molecule has 0 atom stereocenters. The Balaban J connectivity index is 1.90. The molecule has 5 nitrogen and oxygen atoms in total. The van der Waals surface area contributed by atoms with E-state index in [0.717, 1.165) is 38.3 Å². The summed E-state index contributed by atoms with van der Waals surface area (Å²) in [7, 11) is 1.65. The largest absolute Gasteiger partial charge is 0.481 e. The predicted molar refractivity (Wildman–Crippen MR) is 68.1 cm³/mol. The fraction of sp³-hybridized carbons (Fsp3) is 0.538. The Kier molecular flexibility index (Phi) is 4.51. The average Bonchev–Trinajstić information content (AvgIpc) is 2.42. The van der Waals surface area contributed by atoms with Gasteiger partial charge < -0.3 is 4.74 Å². The molecule has 0 spiro atoms. The van der Waals surface area contributed by atoms with Crippen molar-refractivity contribution in [2.45, 2.75) is 6.54 Å². The van der Waals surface area contributed by atoms with Gasteiger partial charge >= 0.3 is 0 Å². The third-order valence-electron chi connectivity index (χ3n) is 3.20. The Morgan fingerprint density at radius 1 is 1.33 bits per heavy atom. The van der Waals surface area contributed by atoms with Gasteiger partial charge in [0.15, 0.2) is 0 Å². The number of nitrogens with zero attached hydrogens (tertiary/aromatic N) is 4. The van der Waals surface area contributed by atoms with Gasteiger partial charge in [-0.2, -0.15) is 5.26 Å². The number of ether oxygens (including phenoxy) is 1. The molecule has 1 aromatic heterocycles. The normalized spacial score (nSPS) is 17.3. The molecule has 18 heavy (non-hydrogen) atoms. The van der Waals surface area contributed by atoms with E-state index in [1.807, 2.05) is 12.1 Å². The summed E-state index contributed by atoms with van der Waals surface area (Å²) < 4.78 is 5.26. The molecule has 1 aliphatic rings. The molecule has 1 saturated heterocycles. The number of nitriles is 1. The minimum absolute atomic E-state index is 0.532. The number of piperazine rings is 1. The maximum absolute atomic E-state index is 8.66. The van der Waals surface area contributed by atoms with Crippen LogP contribution < -0.4 is 4.74 Å². The second kappa shape index (κ2) is 6.34. The molecule has 0 unspecified atom stereocenters. The molecule has 1 aliphatic heterocycles. The Labute approximate surface area is 108 Å². The maximum atomic E-state index is 8.66. The molecular weight excluding hydrogens is 228 g/mol. The number of pyridine rings is 1. The van der Waals surface area contributed by atoms with Crippen molar-refractivity contribution in [3.05, 3.63) is 23.9 Å². The van der Waals surface area contributed by atoms with Crippen molar-refractivity contribution in [2.24, 2.45) is 0 Å². The van der Waals surface area contributed by atoms with Gasteiger partial charge in [0.05, 0.1) is 19.7 Å². The second-order valence-corrected chi connectivity index (χ2v) is 4.38. The molecule has 0 aliphatic carbocycles. The highest BCUT2D eigenvalue weighted by atomic mass is 16.5. The summed E-state index contributed by atoms with van der Waals surface area (Å²) in [6.45, 7) is 5.27. The molecule has 1 fully saturated rings. The lowest BCUT2D eigenvalue weighted by atomic mass is 10.2. The SMILES string of the molecule is COc1ncccc1CN1CCN(CC#N)CC1. The van der Waals surface area contributed by atoms with Crippen molar-refractivity contribution in [3.8, 4) is 11.9 Å². The van der Waals surface area contributed by atoms with Gasteiger partial charge in [-0.1, -0.05) is 6.07 Å². The predicted octanol–water partition coefficient (Wildman–Crippen LogP) is 0.731. The average molecular weight is 246 g/mol. The first-order chi connectivity index (χ1) is 8.83. The Bertz CT molecular complexity index is 421. The van der Waals surface area contributed by atoms with Crippen LogP contribution in [0.2, 0.25) is 0 Å². The van der Waals surface area contributed by atoms with Gasteiger partial charge in [0.1, 0.15) is 0 Å². The molecule has 2 rings (SSSR count). The quantitative estimate of drug-likeness (QED) is 0.733. The molecule has 96 valence electrons. The number of aromatic nitrogens is 1. The van der Waals surface area contributed by atoms with Gasteiger partial charge in [-0.05, 0) is 6.07 Å². The van der Waals surface area contributed by atoms with E-state index in [1.165, 1.54) is 0 Å². The zero-order chi connectivity index (χ0) is 12.8. The molecule has 0 aromatic carbocycles. The zero-order valence-corrected chi connectivity index (χ0v) is 10.7. The molecule has 0 N–H and O–H groups in total. The molecule has 0 amide bonds. The number of hydrogen-bond donors (Lipinski definition) is 0. The lowest BCUT2D eigenvalue weighted by Crippen LogP contribution is -2.45. The summed E-state index contributed by atoms with van der Waals surface area (Å²) in [5.41, 5.74) is 1.12. The van der Waals surface area contributed by atoms with Crippen LogP contribution in [0.25, 0.3) is 0 Å². The van der Waals surface area contributed by atoms with Crippen LogP contribution in [-0.4, -0.2) is 54.6 Å². The number of hydrogen-bond acceptors (Lipinski definition) is 5. The summed E-state index contributed by atoms with van der Waals surface area (Å²) >= 11 is 0. The van der Waals surface area contributed by atoms with Crippen molar-refractivity contribution in [2.75, 3.05) is 39.8 Å². The van der Waals surface area contributed by atoms with Crippen LogP contribution in [0, 0.1) is 11.3 Å². The summed E-state index contributed by atoms with van der Waals surface area (Å²) in [6.07, 6.45) is 1.74. The lowest BCUT2D eigenvalue weighted by molar-refractivity contribution is 0.137. The Morgan fingerprint density at radius 2 is 2.06 bits per heavy atom. The first-order valence-corrected chi connectivity index (χ1v) is 6.13. The molecule has 0 bridgehead atoms. The minimum atomic E-state index is 0.532. The van der Waals surface area contributed by atoms with Crippen molar-refractivity contribution >= 4 is 0 Å². The van der Waals surface area contributed by atoms with E-state index in [2.05, 4.69) is 20.9 Å². The first kappa shape index (κ1) is 12.8. The van der Waals surface area contributed by atoms with Gasteiger partial charge in [0.25, 0.3) is 0 Å². The molecule has 2 heterocycles. The molecular formula is C13H18N4O. The Morgan fingerprint density at radius 3 is 2.72 bits per heavy atom. The van der Waals surface area contributed by atoms with Crippen molar-refractivity contribution < 1.29 is 4.74 Å². The summed E-state index contributed by atoms with van der Waals surface area (Å²) in [4.78, 5) is 8.75. The summed E-state index contributed by atoms with van der Waals surface area (Å²) in [6, 6.07) is 6.18. The zero-order valence-electron chi connectivity index (χ0n) is 10.7. The number of methoxy groups -OCH3 is 1. The van der Waals surface area contributed by atoms with Crippen LogP contribution >= 0.6 is 0 Å². The van der Waals surface area contributed by atoms with Gasteiger partial charge in [0.2, 0.25) is 5.88 Å². The highest BCUT2D eigenvalue weighted by Gasteiger charge is 2.17. The van der Waals surface area contributed by atoms with E-state index in [1.54, 1.807) is 13.3 Å². The second-order valence-electron chi connectivity index (χ2n) is 4.38. The van der Waals surface area contributed by atoms with E-state index in [-0.39, 0.29) is 0 Å². The topological polar surface area (TPSA) is 52.4 Å². The van der Waals surface area contributed by atoms with Gasteiger partial charge in [-0.15, -0.1) is 0 Å². The molecule has 1 aromatic rings. The highest BCUT2D eigenvalue weighted by molar-refractivity contribution is 5.25. The van der Waals surface area contributed by atoms with E-state index >= 15 is 0 Å². The fourth-order valence-corrected chi connectivity index (χ4v) is 2.17. The van der Waals surface area contributed by atoms with Crippen LogP contribution in [0.15, 0.2) is 18.3 Å². The van der Waals surface area contributed by atoms with Crippen LogP contribution in [0.3, 0.4) is 0 Å². The van der Waals surface area contributed by atoms with Crippen LogP contribution in [-0.2, 0) is 6.54 Å². The third kappa shape index (κ3) is 3.19. The standard InChI is InChI=1S/C13H18N4O/c1-18-13-12(3-2-5-15-13)11-17-9-7-16(6-4-14)8-10-17/h2-3,5H,6-11H2,1H3. The highest BCUT2D eigenvalue weighted by Crippen LogP contribution is 2.16. The lowest BCUT2D eigenvalue weighted by Gasteiger charge is -2.33. The van der Waals surface area contributed by atoms with Crippen LogP contribution in [0.1, 0.15) is 5.56 Å². The third-order valence-corrected chi connectivity index (χ3v) is 3.20. The monoisotopic (exact) mass is 246 g/mol. The maximum Gasteiger partial charge on any atom is 0.217 e. The van der Waals surface area contributed by atoms with E-state index < -0.39 is 0 Å². The van der Waals surface area contributed by atoms with Crippen molar-refractivity contribution in [1.29, 1.82) is 5.26 Å². The van der Waals surface area contributed by atoms with E-state index in [4.69, 9.17) is 10.00 Å². The summed E-state index contributed by atoms with van der Waals surface area (Å²) in [5.74, 6) is 0.706. The molecule has 5 heteroatoms. The van der Waals surface area contributed by atoms with Crippen LogP contribution in [0.5, 0.6) is 5.88 Å². The van der Waals surface area contributed by atoms with E-state index in [9.17, 15) is 0 Å². The Hall–Kier alpha value is -1.64. The fourth-order valence-electron chi connectivity index (χ4n) is 2.17. The first-order valence-electron chi connectivity index (χ1n) is 6.13. The molecule has 0 radical (unpaired) electrons. The van der Waals surface area contributed by atoms with E-state index in [0.29, 0.717) is 12.4 Å². The van der Waals surface area contributed by atoms with Gasteiger partial charge in [-0.25, -0.2) is 4.98 Å². The number of rotatable bonds is 4. The van der Waals surface area contributed by atoms with Gasteiger partial charge in [0, 0.05) is 44.5 Å². The van der Waals surface area contributed by atoms with Crippen molar-refractivity contribution in [1.82, 2.24) is 14.8 Å². The minimum Gasteiger partial charge on any atom is -0.481 e. The summed E-state index contributed by atoms with van der Waals surface area (Å²) in [5, 5.41) is 8.66. The smallest absolute Gasteiger partial charge is 0.217 e. The van der Waals surface area contributed by atoms with Crippen LogP contribution in [0.4, 0.5) is 0 Å². The molecule has 0 saturated carbocycles. The van der Waals surface area contributed by atoms with Gasteiger partial charge in [-0.3, -0.25) is 9.80 Å².